The molecule has 0 aliphatic heterocycles. The lowest BCUT2D eigenvalue weighted by Gasteiger charge is -2.25. The number of benzene rings is 4. The average Bonchev–Trinajstić information content (AvgIpc) is 0.784. The summed E-state index contributed by atoms with van der Waals surface area (Å²) in [5, 5.41) is 0. The van der Waals surface area contributed by atoms with Gasteiger partial charge in [0.1, 0.15) is 75.9 Å². The Hall–Kier alpha value is -8.14. The number of carbonyl (C=O) groups is 6. The van der Waals surface area contributed by atoms with Crippen LogP contribution in [0.3, 0.4) is 0 Å². The Morgan fingerprint density at radius 2 is 0.553 bits per heavy atom. The van der Waals surface area contributed by atoms with Crippen LogP contribution in [0.15, 0.2) is 97.1 Å². The van der Waals surface area contributed by atoms with Crippen LogP contribution in [0.5, 0.6) is 23.0 Å². The molecule has 1 aliphatic carbocycles. The highest BCUT2D eigenvalue weighted by Crippen LogP contribution is 2.42. The van der Waals surface area contributed by atoms with Crippen LogP contribution in [0.4, 0.5) is 0 Å². The molecular weight excluding hydrogens is 1190 g/mol. The first-order valence-corrected chi connectivity index (χ1v) is 34.1. The van der Waals surface area contributed by atoms with Crippen LogP contribution in [0, 0.1) is 0 Å². The maximum atomic E-state index is 13.0. The summed E-state index contributed by atoms with van der Waals surface area (Å²) in [5.41, 5.74) is 12.1. The van der Waals surface area contributed by atoms with Gasteiger partial charge in [-0.1, -0.05) is 166 Å². The van der Waals surface area contributed by atoms with Gasteiger partial charge in [-0.3, -0.25) is 0 Å². The fourth-order valence-electron chi connectivity index (χ4n) is 11.4. The molecule has 0 radical (unpaired) electrons. The van der Waals surface area contributed by atoms with E-state index in [4.69, 9.17) is 47.4 Å². The van der Waals surface area contributed by atoms with Gasteiger partial charge in [0, 0.05) is 61.1 Å². The summed E-state index contributed by atoms with van der Waals surface area (Å²) in [6, 6.07) is 17.8. The molecule has 0 saturated heterocycles. The molecule has 0 heterocycles. The summed E-state index contributed by atoms with van der Waals surface area (Å²) >= 11 is 0. The van der Waals surface area contributed by atoms with E-state index in [-0.39, 0.29) is 64.0 Å². The summed E-state index contributed by atoms with van der Waals surface area (Å²) < 4.78 is 59.9. The number of hydrogen-bond acceptors (Lipinski definition) is 16. The van der Waals surface area contributed by atoms with Gasteiger partial charge in [-0.2, -0.15) is 0 Å². The number of hydrogen-bond donors (Lipinski definition) is 0. The number of ether oxygens (including phenoxy) is 10. The number of fused-ring (bicyclic) bond motifs is 8. The third-order valence-corrected chi connectivity index (χ3v) is 16.1. The van der Waals surface area contributed by atoms with Crippen molar-refractivity contribution >= 4 is 35.8 Å². The van der Waals surface area contributed by atoms with Crippen LogP contribution in [0.1, 0.15) is 211 Å². The summed E-state index contributed by atoms with van der Waals surface area (Å²) in [4.78, 5) is 75.5. The Labute approximate surface area is 559 Å². The zero-order valence-corrected chi connectivity index (χ0v) is 57.5. The molecule has 0 atom stereocenters. The van der Waals surface area contributed by atoms with E-state index in [1.807, 2.05) is 0 Å². The lowest BCUT2D eigenvalue weighted by molar-refractivity contribution is -0.140. The van der Waals surface area contributed by atoms with Crippen molar-refractivity contribution in [2.75, 3.05) is 67.1 Å². The lowest BCUT2D eigenvalue weighted by Crippen LogP contribution is -2.16. The minimum atomic E-state index is -0.735. The van der Waals surface area contributed by atoms with E-state index in [1.165, 1.54) is 14.2 Å². The molecule has 4 aromatic carbocycles. The molecule has 0 saturated carbocycles. The molecule has 0 N–H and O–H groups in total. The topological polar surface area (TPSA) is 195 Å². The first kappa shape index (κ1) is 76.6. The molecular formula is C78H104O16. The van der Waals surface area contributed by atoms with Gasteiger partial charge in [0.05, 0.1) is 14.2 Å². The highest BCUT2D eigenvalue weighted by molar-refractivity contribution is 5.92. The van der Waals surface area contributed by atoms with Crippen LogP contribution in [-0.4, -0.2) is 103 Å². The highest BCUT2D eigenvalue weighted by Gasteiger charge is 2.26. The second-order valence-corrected chi connectivity index (χ2v) is 24.2. The Balaban J connectivity index is 1.93. The Morgan fingerprint density at radius 3 is 0.766 bits per heavy atom. The quantitative estimate of drug-likeness (QED) is 0.0155. The molecule has 16 nitrogen and oxygen atoms in total. The van der Waals surface area contributed by atoms with Gasteiger partial charge in [0.25, 0.3) is 0 Å². The SMILES string of the molecule is C=C(C)C(=O)OCCOc1c2cc(CCCCCC)cc1Cc1cc(CCCCCC)cc(c1OCCOC(=O)C(=C)C)Cc1cc(CCCCCC)cc(c1OCCOC(=O)/C=C\C(=O)OC)Cc1cc(CCCCCC)cc(c1OCCOC(=O)/C=C\C(=O)OC)C2. The van der Waals surface area contributed by atoms with E-state index < -0.39 is 35.8 Å². The minimum absolute atomic E-state index is 0.0328. The van der Waals surface area contributed by atoms with Gasteiger partial charge in [-0.25, -0.2) is 28.8 Å². The van der Waals surface area contributed by atoms with Gasteiger partial charge in [0.15, 0.2) is 0 Å². The molecule has 0 aromatic heterocycles. The molecule has 94 heavy (non-hydrogen) atoms. The summed E-state index contributed by atoms with van der Waals surface area (Å²) in [6.45, 7) is 19.3. The van der Waals surface area contributed by atoms with Gasteiger partial charge < -0.3 is 47.4 Å². The fourth-order valence-corrected chi connectivity index (χ4v) is 11.4. The van der Waals surface area contributed by atoms with Gasteiger partial charge in [0.2, 0.25) is 0 Å². The van der Waals surface area contributed by atoms with E-state index >= 15 is 0 Å². The maximum Gasteiger partial charge on any atom is 0.333 e. The number of rotatable bonds is 42. The van der Waals surface area contributed by atoms with E-state index in [9.17, 15) is 28.8 Å². The first-order valence-electron chi connectivity index (χ1n) is 34.1. The lowest BCUT2D eigenvalue weighted by atomic mass is 9.87. The van der Waals surface area contributed by atoms with Crippen molar-refractivity contribution in [1.82, 2.24) is 0 Å². The number of esters is 6. The molecule has 8 bridgehead atoms. The summed E-state index contributed by atoms with van der Waals surface area (Å²) in [5.74, 6) is -1.44. The zero-order valence-electron chi connectivity index (χ0n) is 57.5. The standard InChI is InChI=1S/C78H104O16/c1-11-15-19-23-27-57-43-61-51-62-44-58(28-24-20-16-12-2)46-64(74(62)90-38-36-88-72(82)34-32-70(80)86-10)53-66-48-60(30-26-22-18-14-4)50-68(76(66)92-40-42-94-78(84)56(7)8)54-67-49-59(29-25-21-17-13-3)47-65(75(67)91-39-41-93-77(83)55(5)6)52-63(45-57)73(61)89-37-35-87-71(81)33-31-69(79)85-9/h31-34,43-50H,5,7,11-30,35-42,51-54H2,1-4,6,8-10H3/b33-31-,34-32-. The van der Waals surface area contributed by atoms with Crippen molar-refractivity contribution in [3.05, 3.63) is 164 Å². The second-order valence-electron chi connectivity index (χ2n) is 24.2. The Morgan fingerprint density at radius 1 is 0.330 bits per heavy atom. The van der Waals surface area contributed by atoms with Crippen LogP contribution in [-0.2, 0) is 109 Å². The highest BCUT2D eigenvalue weighted by atomic mass is 16.6. The largest absolute Gasteiger partial charge is 0.489 e. The molecule has 4 aromatic rings. The number of unbranched alkanes of at least 4 members (excludes halogenated alkanes) is 12. The minimum Gasteiger partial charge on any atom is -0.489 e. The third-order valence-electron chi connectivity index (χ3n) is 16.1. The third kappa shape index (κ3) is 27.1. The summed E-state index contributed by atoms with van der Waals surface area (Å²) in [6.07, 6.45) is 25.3. The van der Waals surface area contributed by atoms with Crippen molar-refractivity contribution in [3.63, 3.8) is 0 Å². The average molecular weight is 1300 g/mol. The normalized spacial score (nSPS) is 11.8. The van der Waals surface area contributed by atoms with Crippen molar-refractivity contribution < 1.29 is 76.1 Å². The molecule has 16 heteroatoms. The molecule has 1 aliphatic rings. The van der Waals surface area contributed by atoms with Crippen molar-refractivity contribution in [2.45, 2.75) is 196 Å². The summed E-state index contributed by atoms with van der Waals surface area (Å²) in [7, 11) is 2.45. The molecule has 5 rings (SSSR count). The monoisotopic (exact) mass is 1300 g/mol. The van der Waals surface area contributed by atoms with Gasteiger partial charge >= 0.3 is 35.8 Å². The van der Waals surface area contributed by atoms with Crippen LogP contribution in [0.25, 0.3) is 0 Å². The predicted octanol–water partition coefficient (Wildman–Crippen LogP) is 15.2. The van der Waals surface area contributed by atoms with E-state index in [2.05, 4.69) is 89.4 Å². The number of carbonyl (C=O) groups excluding carboxylic acids is 6. The Bertz CT molecular complexity index is 2990. The van der Waals surface area contributed by atoms with E-state index in [0.717, 1.165) is 219 Å². The molecule has 0 spiro atoms. The smallest absolute Gasteiger partial charge is 0.333 e. The van der Waals surface area contributed by atoms with E-state index in [1.54, 1.807) is 13.8 Å². The second kappa shape index (κ2) is 43.0. The van der Waals surface area contributed by atoms with Gasteiger partial charge in [-0.15, -0.1) is 0 Å². The van der Waals surface area contributed by atoms with Crippen LogP contribution < -0.4 is 18.9 Å². The Kier molecular flexibility index (Phi) is 35.0. The fraction of sp³-hybridized carbons (Fsp3) is 0.513. The van der Waals surface area contributed by atoms with E-state index in [0.29, 0.717) is 48.7 Å². The zero-order chi connectivity index (χ0) is 68.0. The predicted molar refractivity (Wildman–Crippen MR) is 366 cm³/mol. The number of aryl methyl sites for hydroxylation is 4. The first-order chi connectivity index (χ1) is 45.5. The van der Waals surface area contributed by atoms with Crippen LogP contribution >= 0.6 is 0 Å². The molecule has 512 valence electrons. The van der Waals surface area contributed by atoms with Crippen molar-refractivity contribution in [1.29, 1.82) is 0 Å². The molecule has 0 fully saturated rings. The van der Waals surface area contributed by atoms with Crippen molar-refractivity contribution in [3.8, 4) is 23.0 Å². The van der Waals surface area contributed by atoms with Crippen LogP contribution in [0.2, 0.25) is 0 Å². The maximum absolute atomic E-state index is 13.0. The number of methoxy groups -OCH3 is 2. The molecule has 0 amide bonds. The molecule has 0 unspecified atom stereocenters. The van der Waals surface area contributed by atoms with Gasteiger partial charge in [-0.05, 0) is 132 Å². The van der Waals surface area contributed by atoms with Crippen molar-refractivity contribution in [2.24, 2.45) is 0 Å².